The number of hydrogen-bond acceptors (Lipinski definition) is 8. The SMILES string of the molecule is CC(C)(C)OCC(NS(=O)(=O)Cc1ccccc1)C(=O)NC(CCCCNC(=O)CCC(=O)O)C(=O)NCc1ccc(C(=N)N)cc1. The molecular weight excluding hydrogens is 628 g/mol. The lowest BCUT2D eigenvalue weighted by molar-refractivity contribution is -0.138. The Hall–Kier alpha value is -4.34. The van der Waals surface area contributed by atoms with E-state index in [4.69, 9.17) is 21.0 Å². The molecule has 0 saturated carbocycles. The van der Waals surface area contributed by atoms with E-state index < -0.39 is 51.4 Å². The molecule has 47 heavy (non-hydrogen) atoms. The van der Waals surface area contributed by atoms with Crippen LogP contribution in [0.4, 0.5) is 0 Å². The molecule has 0 fully saturated rings. The summed E-state index contributed by atoms with van der Waals surface area (Å²) in [5, 5.41) is 24.4. The summed E-state index contributed by atoms with van der Waals surface area (Å²) in [6.45, 7) is 5.36. The molecule has 0 aromatic heterocycles. The Kier molecular flexibility index (Phi) is 15.5. The molecule has 2 aromatic carbocycles. The van der Waals surface area contributed by atoms with Crippen molar-refractivity contribution in [1.82, 2.24) is 20.7 Å². The maximum Gasteiger partial charge on any atom is 0.303 e. The Labute approximate surface area is 275 Å². The molecule has 2 rings (SSSR count). The first-order chi connectivity index (χ1) is 22.0. The third-order valence-corrected chi connectivity index (χ3v) is 8.05. The summed E-state index contributed by atoms with van der Waals surface area (Å²) in [5.74, 6) is -3.20. The van der Waals surface area contributed by atoms with Gasteiger partial charge in [-0.15, -0.1) is 0 Å². The number of sulfonamides is 1. The number of amidine groups is 1. The van der Waals surface area contributed by atoms with Crippen molar-refractivity contribution in [1.29, 1.82) is 5.41 Å². The second-order valence-corrected chi connectivity index (χ2v) is 13.7. The van der Waals surface area contributed by atoms with Gasteiger partial charge in [0, 0.05) is 25.1 Å². The Bertz CT molecular complexity index is 1460. The first kappa shape index (κ1) is 38.8. The molecule has 0 aliphatic heterocycles. The molecule has 2 aromatic rings. The highest BCUT2D eigenvalue weighted by atomic mass is 32.2. The van der Waals surface area contributed by atoms with Crippen molar-refractivity contribution in [2.24, 2.45) is 5.73 Å². The number of benzene rings is 2. The molecule has 0 spiro atoms. The van der Waals surface area contributed by atoms with E-state index >= 15 is 0 Å². The molecule has 2 unspecified atom stereocenters. The molecule has 2 atom stereocenters. The van der Waals surface area contributed by atoms with Crippen LogP contribution in [0.2, 0.25) is 0 Å². The molecule has 258 valence electrons. The van der Waals surface area contributed by atoms with E-state index in [1.54, 1.807) is 75.4 Å². The molecule has 0 radical (unpaired) electrons. The number of nitrogen functional groups attached to an aromatic ring is 1. The van der Waals surface area contributed by atoms with Crippen LogP contribution in [0.15, 0.2) is 54.6 Å². The number of carboxylic acids is 1. The van der Waals surface area contributed by atoms with E-state index in [0.29, 0.717) is 24.0 Å². The van der Waals surface area contributed by atoms with Crippen LogP contribution in [0, 0.1) is 5.41 Å². The third kappa shape index (κ3) is 16.2. The number of aliphatic carboxylic acids is 1. The van der Waals surface area contributed by atoms with Crippen molar-refractivity contribution in [3.63, 3.8) is 0 Å². The average molecular weight is 675 g/mol. The predicted octanol–water partition coefficient (Wildman–Crippen LogP) is 1.53. The van der Waals surface area contributed by atoms with Gasteiger partial charge in [0.25, 0.3) is 0 Å². The highest BCUT2D eigenvalue weighted by Gasteiger charge is 2.30. The van der Waals surface area contributed by atoms with Gasteiger partial charge in [-0.1, -0.05) is 54.6 Å². The van der Waals surface area contributed by atoms with Crippen molar-refractivity contribution in [2.75, 3.05) is 13.2 Å². The summed E-state index contributed by atoms with van der Waals surface area (Å²) in [6.07, 6.45) is 0.559. The van der Waals surface area contributed by atoms with Crippen LogP contribution in [0.3, 0.4) is 0 Å². The molecule has 0 aliphatic rings. The first-order valence-electron chi connectivity index (χ1n) is 15.2. The van der Waals surface area contributed by atoms with Gasteiger partial charge in [0.15, 0.2) is 0 Å². The van der Waals surface area contributed by atoms with Crippen molar-refractivity contribution >= 4 is 39.5 Å². The van der Waals surface area contributed by atoms with E-state index in [2.05, 4.69) is 20.7 Å². The number of carboxylic acid groups (broad SMARTS) is 1. The standard InChI is InChI=1S/C32H46N6O8S/c1-32(2,3)46-20-26(38-47(44,45)21-23-9-5-4-6-10-23)31(43)37-25(11-7-8-18-35-27(39)16-17-28(40)41)30(42)36-19-22-12-14-24(15-13-22)29(33)34/h4-6,9-10,12-15,25-26,38H,7-8,11,16-21H2,1-3H3,(H3,33,34)(H,35,39)(H,36,42)(H,37,43)(H,40,41). The van der Waals surface area contributed by atoms with Gasteiger partial charge in [0.2, 0.25) is 27.7 Å². The zero-order valence-corrected chi connectivity index (χ0v) is 27.8. The first-order valence-corrected chi connectivity index (χ1v) is 16.9. The molecule has 15 heteroatoms. The number of amides is 3. The lowest BCUT2D eigenvalue weighted by Crippen LogP contribution is -2.55. The lowest BCUT2D eigenvalue weighted by atomic mass is 10.1. The Balaban J connectivity index is 2.15. The zero-order chi connectivity index (χ0) is 35.0. The van der Waals surface area contributed by atoms with E-state index in [1.165, 1.54) is 0 Å². The summed E-state index contributed by atoms with van der Waals surface area (Å²) >= 11 is 0. The number of carbonyl (C=O) groups excluding carboxylic acids is 3. The molecule has 0 aliphatic carbocycles. The topological polar surface area (TPSA) is 230 Å². The fourth-order valence-corrected chi connectivity index (χ4v) is 5.54. The lowest BCUT2D eigenvalue weighted by Gasteiger charge is -2.26. The van der Waals surface area contributed by atoms with Gasteiger partial charge < -0.3 is 31.5 Å². The van der Waals surface area contributed by atoms with Crippen LogP contribution < -0.4 is 26.4 Å². The van der Waals surface area contributed by atoms with Gasteiger partial charge in [-0.3, -0.25) is 24.6 Å². The van der Waals surface area contributed by atoms with E-state index in [1.807, 2.05) is 0 Å². The van der Waals surface area contributed by atoms with Gasteiger partial charge >= 0.3 is 5.97 Å². The minimum Gasteiger partial charge on any atom is -0.481 e. The van der Waals surface area contributed by atoms with E-state index in [9.17, 15) is 27.6 Å². The van der Waals surface area contributed by atoms with Gasteiger partial charge in [-0.05, 0) is 51.2 Å². The van der Waals surface area contributed by atoms with Crippen LogP contribution in [0.25, 0.3) is 0 Å². The summed E-state index contributed by atoms with van der Waals surface area (Å²) in [6, 6.07) is 12.8. The molecule has 0 saturated heterocycles. The van der Waals surface area contributed by atoms with Crippen LogP contribution in [0.1, 0.15) is 69.6 Å². The van der Waals surface area contributed by atoms with Crippen LogP contribution in [-0.2, 0) is 46.2 Å². The van der Waals surface area contributed by atoms with E-state index in [0.717, 1.165) is 5.56 Å². The second-order valence-electron chi connectivity index (χ2n) is 12.0. The molecule has 0 heterocycles. The Morgan fingerprint density at radius 1 is 0.894 bits per heavy atom. The van der Waals surface area contributed by atoms with E-state index in [-0.39, 0.29) is 50.5 Å². The maximum atomic E-state index is 13.6. The average Bonchev–Trinajstić information content (AvgIpc) is 3.00. The molecule has 3 amide bonds. The largest absolute Gasteiger partial charge is 0.481 e. The van der Waals surface area contributed by atoms with Crippen molar-refractivity contribution in [3.05, 3.63) is 71.3 Å². The summed E-state index contributed by atoms with van der Waals surface area (Å²) in [5.41, 5.74) is 6.60. The summed E-state index contributed by atoms with van der Waals surface area (Å²) < 4.78 is 34.3. The maximum absolute atomic E-state index is 13.6. The number of hydrogen-bond donors (Lipinski definition) is 7. The van der Waals surface area contributed by atoms with Gasteiger partial charge in [0.1, 0.15) is 17.9 Å². The number of rotatable bonds is 20. The molecule has 0 bridgehead atoms. The highest BCUT2D eigenvalue weighted by Crippen LogP contribution is 2.11. The number of ether oxygens (including phenoxy) is 1. The molecular formula is C32H46N6O8S. The fourth-order valence-electron chi connectivity index (χ4n) is 4.21. The summed E-state index contributed by atoms with van der Waals surface area (Å²) in [4.78, 5) is 49.4. The predicted molar refractivity (Wildman–Crippen MR) is 177 cm³/mol. The quantitative estimate of drug-likeness (QED) is 0.0613. The fraction of sp³-hybridized carbons (Fsp3) is 0.469. The molecule has 14 nitrogen and oxygen atoms in total. The minimum atomic E-state index is -3.99. The smallest absolute Gasteiger partial charge is 0.303 e. The van der Waals surface area contributed by atoms with Crippen molar-refractivity contribution < 1.29 is 37.4 Å². The van der Waals surface area contributed by atoms with Crippen molar-refractivity contribution in [3.8, 4) is 0 Å². The number of nitrogens with two attached hydrogens (primary N) is 1. The van der Waals surface area contributed by atoms with Crippen LogP contribution in [0.5, 0.6) is 0 Å². The van der Waals surface area contributed by atoms with Gasteiger partial charge in [0.05, 0.1) is 24.4 Å². The normalized spacial score (nSPS) is 12.8. The number of unbranched alkanes of at least 4 members (excludes halogenated alkanes) is 1. The Morgan fingerprint density at radius 2 is 1.55 bits per heavy atom. The van der Waals surface area contributed by atoms with Crippen LogP contribution in [-0.4, -0.2) is 73.9 Å². The second kappa shape index (κ2) is 18.7. The number of carbonyl (C=O) groups is 4. The van der Waals surface area contributed by atoms with Crippen LogP contribution >= 0.6 is 0 Å². The number of nitrogens with one attached hydrogen (secondary N) is 5. The Morgan fingerprint density at radius 3 is 2.15 bits per heavy atom. The van der Waals surface area contributed by atoms with Crippen molar-refractivity contribution in [2.45, 2.75) is 82.9 Å². The zero-order valence-electron chi connectivity index (χ0n) is 27.0. The summed E-state index contributed by atoms with van der Waals surface area (Å²) in [7, 11) is -3.99. The third-order valence-electron chi connectivity index (χ3n) is 6.69. The van der Waals surface area contributed by atoms with Gasteiger partial charge in [-0.25, -0.2) is 13.1 Å². The van der Waals surface area contributed by atoms with Gasteiger partial charge in [-0.2, -0.15) is 0 Å². The highest BCUT2D eigenvalue weighted by molar-refractivity contribution is 7.88. The minimum absolute atomic E-state index is 0.0918. The molecule has 8 N–H and O–H groups in total. The monoisotopic (exact) mass is 674 g/mol.